The van der Waals surface area contributed by atoms with Crippen LogP contribution in [-0.2, 0) is 4.79 Å². The molecule has 0 radical (unpaired) electrons. The van der Waals surface area contributed by atoms with E-state index in [0.29, 0.717) is 11.4 Å². The lowest BCUT2D eigenvalue weighted by Gasteiger charge is -2.32. The molecule has 1 N–H and O–H groups in total. The van der Waals surface area contributed by atoms with Gasteiger partial charge >= 0.3 is 0 Å². The second kappa shape index (κ2) is 6.58. The Kier molecular flexibility index (Phi) is 4.56. The molecule has 0 saturated carbocycles. The maximum atomic E-state index is 11.7. The van der Waals surface area contributed by atoms with Crippen molar-refractivity contribution in [2.45, 2.75) is 25.7 Å². The van der Waals surface area contributed by atoms with Gasteiger partial charge in [-0.15, -0.1) is 0 Å². The van der Waals surface area contributed by atoms with Gasteiger partial charge in [-0.2, -0.15) is 5.10 Å². The molecular weight excluding hydrogens is 286 g/mol. The molecule has 1 aromatic rings. The number of hydrogen-bond acceptors (Lipinski definition) is 3. The molecule has 112 valence electrons. The van der Waals surface area contributed by atoms with Crippen LogP contribution in [-0.4, -0.2) is 36.2 Å². The number of carbonyl (C=O) groups excluding carboxylic acids is 1. The number of halogens is 1. The third-order valence-corrected chi connectivity index (χ3v) is 4.44. The van der Waals surface area contributed by atoms with Crippen molar-refractivity contribution < 1.29 is 4.79 Å². The molecule has 1 atom stereocenters. The second-order valence-electron chi connectivity index (χ2n) is 5.80. The van der Waals surface area contributed by atoms with E-state index in [2.05, 4.69) is 15.4 Å². The van der Waals surface area contributed by atoms with Gasteiger partial charge in [0.25, 0.3) is 0 Å². The van der Waals surface area contributed by atoms with Crippen molar-refractivity contribution in [1.29, 1.82) is 0 Å². The largest absolute Gasteiger partial charge is 0.303 e. The summed E-state index contributed by atoms with van der Waals surface area (Å²) in [5.41, 5.74) is 4.62. The first-order valence-electron chi connectivity index (χ1n) is 7.57. The van der Waals surface area contributed by atoms with Crippen molar-refractivity contribution in [3.63, 3.8) is 0 Å². The molecule has 0 spiro atoms. The van der Waals surface area contributed by atoms with Crippen molar-refractivity contribution >= 4 is 23.2 Å². The van der Waals surface area contributed by atoms with E-state index in [-0.39, 0.29) is 11.8 Å². The number of hydrogen-bond donors (Lipinski definition) is 1. The molecule has 3 rings (SSSR count). The van der Waals surface area contributed by atoms with Crippen LogP contribution in [0.3, 0.4) is 0 Å². The van der Waals surface area contributed by atoms with Crippen LogP contribution in [0.25, 0.3) is 0 Å². The average Bonchev–Trinajstić information content (AvgIpc) is 2.50. The SMILES string of the molecule is O=C1CC(CN2CCCCC2)C(c2ccc(Cl)cc2)=NN1. The molecule has 2 heterocycles. The van der Waals surface area contributed by atoms with Crippen molar-refractivity contribution in [2.75, 3.05) is 19.6 Å². The zero-order valence-corrected chi connectivity index (χ0v) is 12.8. The maximum absolute atomic E-state index is 11.7. The Hall–Kier alpha value is -1.39. The Labute approximate surface area is 130 Å². The van der Waals surface area contributed by atoms with Gasteiger partial charge in [0.1, 0.15) is 0 Å². The Morgan fingerprint density at radius 3 is 2.62 bits per heavy atom. The number of piperidine rings is 1. The lowest BCUT2D eigenvalue weighted by Crippen LogP contribution is -2.42. The molecule has 4 nitrogen and oxygen atoms in total. The highest BCUT2D eigenvalue weighted by Gasteiger charge is 2.27. The summed E-state index contributed by atoms with van der Waals surface area (Å²) in [5, 5.41) is 5.02. The van der Waals surface area contributed by atoms with Crippen LogP contribution in [0.15, 0.2) is 29.4 Å². The van der Waals surface area contributed by atoms with Crippen molar-refractivity contribution in [3.8, 4) is 0 Å². The van der Waals surface area contributed by atoms with E-state index in [4.69, 9.17) is 11.6 Å². The number of likely N-dealkylation sites (tertiary alicyclic amines) is 1. The fourth-order valence-electron chi connectivity index (χ4n) is 3.11. The fourth-order valence-corrected chi connectivity index (χ4v) is 3.23. The molecule has 1 amide bonds. The smallest absolute Gasteiger partial charge is 0.240 e. The van der Waals surface area contributed by atoms with Gasteiger partial charge in [-0.1, -0.05) is 30.2 Å². The van der Waals surface area contributed by atoms with Crippen LogP contribution in [0.2, 0.25) is 5.02 Å². The number of hydrazone groups is 1. The Morgan fingerprint density at radius 2 is 1.90 bits per heavy atom. The molecule has 1 unspecified atom stereocenters. The van der Waals surface area contributed by atoms with Gasteiger partial charge in [0.05, 0.1) is 5.71 Å². The van der Waals surface area contributed by atoms with E-state index in [1.807, 2.05) is 24.3 Å². The van der Waals surface area contributed by atoms with E-state index >= 15 is 0 Å². The summed E-state index contributed by atoms with van der Waals surface area (Å²) in [6.07, 6.45) is 4.34. The lowest BCUT2D eigenvalue weighted by atomic mass is 9.91. The predicted molar refractivity (Wildman–Crippen MR) is 84.5 cm³/mol. The summed E-state index contributed by atoms with van der Waals surface area (Å²) >= 11 is 5.95. The zero-order chi connectivity index (χ0) is 14.7. The minimum atomic E-state index is 0.00900. The topological polar surface area (TPSA) is 44.7 Å². The number of benzene rings is 1. The Morgan fingerprint density at radius 1 is 1.19 bits per heavy atom. The number of rotatable bonds is 3. The molecule has 0 aromatic heterocycles. The first-order valence-corrected chi connectivity index (χ1v) is 7.95. The second-order valence-corrected chi connectivity index (χ2v) is 6.24. The van der Waals surface area contributed by atoms with E-state index in [9.17, 15) is 4.79 Å². The molecule has 2 aliphatic heterocycles. The molecule has 2 aliphatic rings. The molecular formula is C16H20ClN3O. The van der Waals surface area contributed by atoms with E-state index in [1.165, 1.54) is 19.3 Å². The number of nitrogens with one attached hydrogen (secondary N) is 1. The standard InChI is InChI=1S/C16H20ClN3O/c17-14-6-4-12(5-7-14)16-13(10-15(21)18-19-16)11-20-8-2-1-3-9-20/h4-7,13H,1-3,8-11H2,(H,18,21). The van der Waals surface area contributed by atoms with Crippen LogP contribution in [0.5, 0.6) is 0 Å². The summed E-state index contributed by atoms with van der Waals surface area (Å²) < 4.78 is 0. The monoisotopic (exact) mass is 305 g/mol. The van der Waals surface area contributed by atoms with Gasteiger partial charge < -0.3 is 4.90 Å². The van der Waals surface area contributed by atoms with Crippen LogP contribution in [0.1, 0.15) is 31.2 Å². The number of nitrogens with zero attached hydrogens (tertiary/aromatic N) is 2. The van der Waals surface area contributed by atoms with Crippen LogP contribution >= 0.6 is 11.6 Å². The highest BCUT2D eigenvalue weighted by Crippen LogP contribution is 2.21. The van der Waals surface area contributed by atoms with Crippen molar-refractivity contribution in [2.24, 2.45) is 11.0 Å². The molecule has 1 saturated heterocycles. The molecule has 0 bridgehead atoms. The molecule has 21 heavy (non-hydrogen) atoms. The first-order chi connectivity index (χ1) is 10.2. The summed E-state index contributed by atoms with van der Waals surface area (Å²) in [4.78, 5) is 14.1. The fraction of sp³-hybridized carbons (Fsp3) is 0.500. The number of carbonyl (C=O) groups is 1. The van der Waals surface area contributed by atoms with Crippen molar-refractivity contribution in [3.05, 3.63) is 34.9 Å². The predicted octanol–water partition coefficient (Wildman–Crippen LogP) is 2.67. The third kappa shape index (κ3) is 3.63. The van der Waals surface area contributed by atoms with E-state index in [0.717, 1.165) is 30.9 Å². The normalized spacial score (nSPS) is 23.6. The first kappa shape index (κ1) is 14.5. The highest BCUT2D eigenvalue weighted by atomic mass is 35.5. The van der Waals surface area contributed by atoms with Gasteiger partial charge in [0.15, 0.2) is 0 Å². The van der Waals surface area contributed by atoms with Crippen molar-refractivity contribution in [1.82, 2.24) is 10.3 Å². The minimum absolute atomic E-state index is 0.00900. The Balaban J connectivity index is 1.78. The molecule has 1 aromatic carbocycles. The van der Waals surface area contributed by atoms with Gasteiger partial charge in [-0.3, -0.25) is 4.79 Å². The lowest BCUT2D eigenvalue weighted by molar-refractivity contribution is -0.122. The summed E-state index contributed by atoms with van der Waals surface area (Å²) in [6.45, 7) is 3.17. The Bertz CT molecular complexity index is 535. The number of amides is 1. The zero-order valence-electron chi connectivity index (χ0n) is 12.0. The maximum Gasteiger partial charge on any atom is 0.240 e. The van der Waals surface area contributed by atoms with Crippen LogP contribution in [0, 0.1) is 5.92 Å². The highest BCUT2D eigenvalue weighted by molar-refractivity contribution is 6.30. The van der Waals surface area contributed by atoms with Crippen LogP contribution in [0.4, 0.5) is 0 Å². The van der Waals surface area contributed by atoms with E-state index < -0.39 is 0 Å². The van der Waals surface area contributed by atoms with Crippen LogP contribution < -0.4 is 5.43 Å². The summed E-state index contributed by atoms with van der Waals surface area (Å²) in [7, 11) is 0. The molecule has 5 heteroatoms. The van der Waals surface area contributed by atoms with Gasteiger partial charge in [0, 0.05) is 23.9 Å². The summed E-state index contributed by atoms with van der Waals surface area (Å²) in [6, 6.07) is 7.69. The minimum Gasteiger partial charge on any atom is -0.303 e. The van der Waals surface area contributed by atoms with E-state index in [1.54, 1.807) is 0 Å². The average molecular weight is 306 g/mol. The quantitative estimate of drug-likeness (QED) is 0.933. The third-order valence-electron chi connectivity index (χ3n) is 4.19. The van der Waals surface area contributed by atoms with Gasteiger partial charge in [0.2, 0.25) is 5.91 Å². The van der Waals surface area contributed by atoms with Gasteiger partial charge in [-0.25, -0.2) is 5.43 Å². The van der Waals surface area contributed by atoms with Gasteiger partial charge in [-0.05, 0) is 43.6 Å². The molecule has 1 fully saturated rings. The molecule has 0 aliphatic carbocycles. The summed E-state index contributed by atoms with van der Waals surface area (Å²) in [5.74, 6) is 0.174.